The molecule has 0 aliphatic rings. The van der Waals surface area contributed by atoms with Crippen LogP contribution in [0.2, 0.25) is 0 Å². The molecule has 0 saturated carbocycles. The highest BCUT2D eigenvalue weighted by Crippen LogP contribution is 2.20. The third kappa shape index (κ3) is 8.82. The van der Waals surface area contributed by atoms with Gasteiger partial charge in [-0.05, 0) is 62.6 Å². The molecule has 8 nitrogen and oxygen atoms in total. The van der Waals surface area contributed by atoms with E-state index >= 15 is 0 Å². The van der Waals surface area contributed by atoms with Crippen molar-refractivity contribution < 1.29 is 14.7 Å². The number of nitrogens with zero attached hydrogens (tertiary/aromatic N) is 3. The van der Waals surface area contributed by atoms with E-state index in [0.29, 0.717) is 24.4 Å². The van der Waals surface area contributed by atoms with Gasteiger partial charge in [0.25, 0.3) is 5.91 Å². The van der Waals surface area contributed by atoms with Gasteiger partial charge in [-0.1, -0.05) is 49.4 Å². The highest BCUT2D eigenvalue weighted by Gasteiger charge is 2.26. The van der Waals surface area contributed by atoms with Gasteiger partial charge < -0.3 is 15.3 Å². The Labute approximate surface area is 199 Å². The summed E-state index contributed by atoms with van der Waals surface area (Å²) in [5.41, 5.74) is 3.14. The molecule has 0 bridgehead atoms. The molecule has 0 fully saturated rings. The van der Waals surface area contributed by atoms with E-state index in [0.717, 1.165) is 29.7 Å². The lowest BCUT2D eigenvalue weighted by Crippen LogP contribution is -2.41. The predicted octanol–water partition coefficient (Wildman–Crippen LogP) is 3.73. The Bertz CT molecular complexity index is 957. The maximum absolute atomic E-state index is 12.6. The second-order valence-corrected chi connectivity index (χ2v) is 8.72. The van der Waals surface area contributed by atoms with Gasteiger partial charge in [0.1, 0.15) is 0 Å². The minimum Gasteiger partial charge on any atom is -0.481 e. The Balaban J connectivity index is 2.20. The molecule has 0 aliphatic heterocycles. The summed E-state index contributed by atoms with van der Waals surface area (Å²) in [4.78, 5) is 26.6. The molecule has 1 heterocycles. The van der Waals surface area contributed by atoms with Crippen molar-refractivity contribution in [3.63, 3.8) is 0 Å². The molecule has 1 amide bonds. The molecule has 2 unspecified atom stereocenters. The molecular weight excluding hydrogens is 442 g/mol. The molecule has 1 aromatic carbocycles. The van der Waals surface area contributed by atoms with Gasteiger partial charge in [-0.25, -0.2) is 0 Å². The Morgan fingerprint density at radius 2 is 2.03 bits per heavy atom. The standard InChI is InChI=1S/C24H32ClN5O3/c1-5-10-30(4)15-20(24(32)33)13-21(27-23(31)22-14-26-29-28-22)12-18-6-8-19(9-7-18)16(2)11-17(3)25/h6-9,11,14,20-21H,3,5,10,12-13,15H2,1-2,4H3,(H,27,31)(H,32,33)(H,26,28,29). The quantitative estimate of drug-likeness (QED) is 0.382. The fourth-order valence-electron chi connectivity index (χ4n) is 3.72. The molecule has 33 heavy (non-hydrogen) atoms. The van der Waals surface area contributed by atoms with Crippen LogP contribution in [0.15, 0.2) is 48.1 Å². The normalized spacial score (nSPS) is 13.5. The van der Waals surface area contributed by atoms with Gasteiger partial charge in [0.05, 0.1) is 12.1 Å². The van der Waals surface area contributed by atoms with Gasteiger partial charge >= 0.3 is 5.97 Å². The van der Waals surface area contributed by atoms with E-state index in [1.54, 1.807) is 6.08 Å². The van der Waals surface area contributed by atoms with Gasteiger partial charge in [-0.3, -0.25) is 9.59 Å². The summed E-state index contributed by atoms with van der Waals surface area (Å²) in [5.74, 6) is -1.89. The SMILES string of the molecule is C=C(Cl)C=C(C)c1ccc(CC(CC(CN(C)CCC)C(=O)O)NC(=O)c2cn[nH]n2)cc1. The number of nitrogens with one attached hydrogen (secondary N) is 2. The van der Waals surface area contributed by atoms with E-state index in [4.69, 9.17) is 11.6 Å². The molecule has 0 radical (unpaired) electrons. The number of halogens is 1. The molecule has 0 spiro atoms. The van der Waals surface area contributed by atoms with Gasteiger partial charge in [-0.15, -0.1) is 0 Å². The largest absolute Gasteiger partial charge is 0.481 e. The number of carbonyl (C=O) groups excluding carboxylic acids is 1. The van der Waals surface area contributed by atoms with E-state index in [-0.39, 0.29) is 5.69 Å². The Morgan fingerprint density at radius 3 is 2.58 bits per heavy atom. The predicted molar refractivity (Wildman–Crippen MR) is 130 cm³/mol. The van der Waals surface area contributed by atoms with Crippen molar-refractivity contribution in [2.24, 2.45) is 5.92 Å². The van der Waals surface area contributed by atoms with Gasteiger partial charge in [-0.2, -0.15) is 15.4 Å². The van der Waals surface area contributed by atoms with Crippen molar-refractivity contribution in [3.05, 3.63) is 65.0 Å². The summed E-state index contributed by atoms with van der Waals surface area (Å²) in [6.07, 6.45) is 4.84. The van der Waals surface area contributed by atoms with Crippen LogP contribution in [0.1, 0.15) is 48.3 Å². The summed E-state index contributed by atoms with van der Waals surface area (Å²) in [6, 6.07) is 7.49. The minimum absolute atomic E-state index is 0.160. The van der Waals surface area contributed by atoms with Crippen LogP contribution in [0, 0.1) is 5.92 Å². The summed E-state index contributed by atoms with van der Waals surface area (Å²) in [7, 11) is 1.91. The van der Waals surface area contributed by atoms with Crippen molar-refractivity contribution in [2.75, 3.05) is 20.1 Å². The average molecular weight is 474 g/mol. The monoisotopic (exact) mass is 473 g/mol. The number of carboxylic acids is 1. The highest BCUT2D eigenvalue weighted by molar-refractivity contribution is 6.31. The molecule has 2 rings (SSSR count). The first kappa shape index (κ1) is 26.3. The van der Waals surface area contributed by atoms with E-state index in [2.05, 4.69) is 34.2 Å². The molecule has 9 heteroatoms. The summed E-state index contributed by atoms with van der Waals surface area (Å²) < 4.78 is 0. The number of allylic oxidation sites excluding steroid dienone is 3. The Hall–Kier alpha value is -2.97. The van der Waals surface area contributed by atoms with Crippen LogP contribution in [0.25, 0.3) is 5.57 Å². The average Bonchev–Trinajstić information content (AvgIpc) is 3.28. The van der Waals surface area contributed by atoms with Gasteiger partial charge in [0, 0.05) is 17.6 Å². The van der Waals surface area contributed by atoms with Gasteiger partial charge in [0.2, 0.25) is 0 Å². The molecule has 0 saturated heterocycles. The topological polar surface area (TPSA) is 111 Å². The number of carboxylic acid groups (broad SMARTS) is 1. The zero-order chi connectivity index (χ0) is 24.4. The van der Waals surface area contributed by atoms with Crippen molar-refractivity contribution in [1.29, 1.82) is 0 Å². The number of carbonyl (C=O) groups is 2. The maximum Gasteiger partial charge on any atom is 0.307 e. The molecule has 0 aliphatic carbocycles. The molecule has 2 aromatic rings. The van der Waals surface area contributed by atoms with Crippen molar-refractivity contribution >= 4 is 29.1 Å². The molecular formula is C24H32ClN5O3. The zero-order valence-corrected chi connectivity index (χ0v) is 20.1. The minimum atomic E-state index is -0.879. The van der Waals surface area contributed by atoms with Crippen LogP contribution in [-0.4, -0.2) is 63.5 Å². The van der Waals surface area contributed by atoms with Crippen LogP contribution in [0.3, 0.4) is 0 Å². The molecule has 1 aromatic heterocycles. The van der Waals surface area contributed by atoms with Crippen molar-refractivity contribution in [3.8, 4) is 0 Å². The summed E-state index contributed by atoms with van der Waals surface area (Å²) >= 11 is 5.87. The van der Waals surface area contributed by atoms with Crippen LogP contribution >= 0.6 is 11.6 Å². The third-order valence-corrected chi connectivity index (χ3v) is 5.41. The first-order valence-corrected chi connectivity index (χ1v) is 11.3. The number of aromatic nitrogens is 3. The number of aromatic amines is 1. The highest BCUT2D eigenvalue weighted by atomic mass is 35.5. The van der Waals surface area contributed by atoms with E-state index in [1.165, 1.54) is 6.20 Å². The number of amides is 1. The van der Waals surface area contributed by atoms with Crippen LogP contribution in [-0.2, 0) is 11.2 Å². The first-order chi connectivity index (χ1) is 15.7. The van der Waals surface area contributed by atoms with E-state index in [1.807, 2.05) is 43.1 Å². The number of H-pyrrole nitrogens is 1. The number of benzene rings is 1. The molecule has 3 N–H and O–H groups in total. The van der Waals surface area contributed by atoms with Crippen LogP contribution in [0.5, 0.6) is 0 Å². The molecule has 2 atom stereocenters. The van der Waals surface area contributed by atoms with Crippen molar-refractivity contribution in [2.45, 2.75) is 39.2 Å². The zero-order valence-electron chi connectivity index (χ0n) is 19.3. The Kier molecular flexibility index (Phi) is 10.3. The van der Waals surface area contributed by atoms with Crippen molar-refractivity contribution in [1.82, 2.24) is 25.6 Å². The van der Waals surface area contributed by atoms with Crippen LogP contribution in [0.4, 0.5) is 0 Å². The summed E-state index contributed by atoms with van der Waals surface area (Å²) in [5, 5.41) is 23.1. The number of rotatable bonds is 13. The Morgan fingerprint density at radius 1 is 1.33 bits per heavy atom. The van der Waals surface area contributed by atoms with Crippen LogP contribution < -0.4 is 5.32 Å². The maximum atomic E-state index is 12.6. The lowest BCUT2D eigenvalue weighted by atomic mass is 9.93. The van der Waals surface area contributed by atoms with E-state index < -0.39 is 23.8 Å². The number of hydrogen-bond acceptors (Lipinski definition) is 5. The third-order valence-electron chi connectivity index (χ3n) is 5.30. The van der Waals surface area contributed by atoms with E-state index in [9.17, 15) is 14.7 Å². The fraction of sp³-hybridized carbons (Fsp3) is 0.417. The smallest absolute Gasteiger partial charge is 0.307 e. The first-order valence-electron chi connectivity index (χ1n) is 10.9. The lowest BCUT2D eigenvalue weighted by molar-refractivity contribution is -0.142. The second kappa shape index (κ2) is 12.9. The lowest BCUT2D eigenvalue weighted by Gasteiger charge is -2.25. The number of hydrogen-bond donors (Lipinski definition) is 3. The molecule has 178 valence electrons. The second-order valence-electron chi connectivity index (χ2n) is 8.23. The number of aliphatic carboxylic acids is 1. The van der Waals surface area contributed by atoms with Gasteiger partial charge in [0.15, 0.2) is 5.69 Å². The summed E-state index contributed by atoms with van der Waals surface area (Å²) in [6.45, 7) is 8.91. The fourth-order valence-corrected chi connectivity index (χ4v) is 3.88.